The van der Waals surface area contributed by atoms with Gasteiger partial charge in [0.1, 0.15) is 17.7 Å². The van der Waals surface area contributed by atoms with Gasteiger partial charge in [-0.05, 0) is 12.1 Å². The Balaban J connectivity index is 1.95. The molecule has 0 radical (unpaired) electrons. The summed E-state index contributed by atoms with van der Waals surface area (Å²) in [5.41, 5.74) is 3.05. The van der Waals surface area contributed by atoms with Crippen LogP contribution in [0.4, 0.5) is 5.82 Å². The van der Waals surface area contributed by atoms with Crippen molar-refractivity contribution < 1.29 is 0 Å². The highest BCUT2D eigenvalue weighted by molar-refractivity contribution is 5.54. The van der Waals surface area contributed by atoms with E-state index < -0.39 is 0 Å². The van der Waals surface area contributed by atoms with E-state index in [1.165, 1.54) is 5.69 Å². The van der Waals surface area contributed by atoms with Gasteiger partial charge in [-0.25, -0.2) is 9.97 Å². The van der Waals surface area contributed by atoms with E-state index >= 15 is 0 Å². The number of rotatable bonds is 2. The average Bonchev–Trinajstić information content (AvgIpc) is 2.84. The Morgan fingerprint density at radius 1 is 1.38 bits per heavy atom. The summed E-state index contributed by atoms with van der Waals surface area (Å²) in [7, 11) is 2.10. The number of aromatic nitrogens is 3. The first-order valence-corrected chi connectivity index (χ1v) is 7.26. The Morgan fingerprint density at radius 3 is 2.90 bits per heavy atom. The van der Waals surface area contributed by atoms with Gasteiger partial charge in [0.15, 0.2) is 0 Å². The standard InChI is InChI=1S/C16H19N5/c1-11(2)15-19-13-10-21(8-6-14(13)20(15)3)16-12(9-17)5-4-7-18-16/h4-5,7,11H,6,8,10H2,1-3H3. The van der Waals surface area contributed by atoms with Crippen molar-refractivity contribution in [2.75, 3.05) is 11.4 Å². The van der Waals surface area contributed by atoms with Crippen molar-refractivity contribution in [2.24, 2.45) is 7.05 Å². The molecule has 0 aromatic carbocycles. The molecule has 2 aromatic heterocycles. The topological polar surface area (TPSA) is 57.7 Å². The highest BCUT2D eigenvalue weighted by Crippen LogP contribution is 2.27. The fraction of sp³-hybridized carbons (Fsp3) is 0.438. The van der Waals surface area contributed by atoms with E-state index in [2.05, 4.69) is 41.4 Å². The van der Waals surface area contributed by atoms with Crippen molar-refractivity contribution in [1.82, 2.24) is 14.5 Å². The number of nitrogens with zero attached hydrogens (tertiary/aromatic N) is 5. The minimum Gasteiger partial charge on any atom is -0.349 e. The molecule has 1 aliphatic heterocycles. The van der Waals surface area contributed by atoms with Gasteiger partial charge in [-0.1, -0.05) is 13.8 Å². The van der Waals surface area contributed by atoms with Crippen LogP contribution in [0.15, 0.2) is 18.3 Å². The minimum absolute atomic E-state index is 0.415. The van der Waals surface area contributed by atoms with Gasteiger partial charge in [-0.15, -0.1) is 0 Å². The lowest BCUT2D eigenvalue weighted by Crippen LogP contribution is -2.32. The van der Waals surface area contributed by atoms with E-state index in [1.807, 2.05) is 6.07 Å². The molecule has 21 heavy (non-hydrogen) atoms. The zero-order chi connectivity index (χ0) is 15.0. The molecule has 2 aromatic rings. The second kappa shape index (κ2) is 5.21. The van der Waals surface area contributed by atoms with Crippen LogP contribution in [0.1, 0.15) is 42.5 Å². The zero-order valence-electron chi connectivity index (χ0n) is 12.7. The fourth-order valence-corrected chi connectivity index (χ4v) is 2.98. The predicted octanol–water partition coefficient (Wildman–Crippen LogP) is 2.37. The minimum atomic E-state index is 0.415. The predicted molar refractivity (Wildman–Crippen MR) is 81.0 cm³/mol. The second-order valence-corrected chi connectivity index (χ2v) is 5.74. The highest BCUT2D eigenvalue weighted by atomic mass is 15.2. The number of hydrogen-bond donors (Lipinski definition) is 0. The molecule has 0 saturated carbocycles. The van der Waals surface area contributed by atoms with E-state index in [9.17, 15) is 5.26 Å². The molecule has 0 atom stereocenters. The lowest BCUT2D eigenvalue weighted by molar-refractivity contribution is 0.658. The molecule has 0 spiro atoms. The summed E-state index contributed by atoms with van der Waals surface area (Å²) in [4.78, 5) is 11.3. The molecule has 5 heteroatoms. The second-order valence-electron chi connectivity index (χ2n) is 5.74. The quantitative estimate of drug-likeness (QED) is 0.848. The first-order valence-electron chi connectivity index (χ1n) is 7.26. The SMILES string of the molecule is CC(C)c1nc2c(n1C)CCN(c1ncccc1C#N)C2. The molecule has 0 bridgehead atoms. The summed E-state index contributed by atoms with van der Waals surface area (Å²) in [6.45, 7) is 5.92. The number of hydrogen-bond acceptors (Lipinski definition) is 4. The summed E-state index contributed by atoms with van der Waals surface area (Å²) in [5, 5.41) is 9.23. The molecule has 0 N–H and O–H groups in total. The van der Waals surface area contributed by atoms with Crippen molar-refractivity contribution in [3.63, 3.8) is 0 Å². The Kier molecular flexibility index (Phi) is 3.38. The van der Waals surface area contributed by atoms with Gasteiger partial charge in [0.2, 0.25) is 0 Å². The zero-order valence-corrected chi connectivity index (χ0v) is 12.7. The van der Waals surface area contributed by atoms with E-state index in [4.69, 9.17) is 4.98 Å². The monoisotopic (exact) mass is 281 g/mol. The van der Waals surface area contributed by atoms with Crippen LogP contribution in [0.2, 0.25) is 0 Å². The van der Waals surface area contributed by atoms with Gasteiger partial charge in [-0.2, -0.15) is 5.26 Å². The van der Waals surface area contributed by atoms with Gasteiger partial charge in [0, 0.05) is 37.8 Å². The van der Waals surface area contributed by atoms with Crippen LogP contribution in [0.5, 0.6) is 0 Å². The van der Waals surface area contributed by atoms with E-state index in [-0.39, 0.29) is 0 Å². The molecule has 1 aliphatic rings. The maximum absolute atomic E-state index is 9.23. The summed E-state index contributed by atoms with van der Waals surface area (Å²) >= 11 is 0. The van der Waals surface area contributed by atoms with Gasteiger partial charge in [-0.3, -0.25) is 0 Å². The number of nitriles is 1. The molecule has 0 unspecified atom stereocenters. The number of anilines is 1. The summed E-state index contributed by atoms with van der Waals surface area (Å²) in [6.07, 6.45) is 2.68. The van der Waals surface area contributed by atoms with E-state index in [0.29, 0.717) is 11.5 Å². The molecular formula is C16H19N5. The van der Waals surface area contributed by atoms with Crippen LogP contribution in [-0.4, -0.2) is 21.1 Å². The molecule has 108 valence electrons. The third-order valence-electron chi connectivity index (χ3n) is 4.01. The molecule has 3 rings (SSSR count). The molecule has 3 heterocycles. The normalized spacial score (nSPS) is 14.1. The highest BCUT2D eigenvalue weighted by Gasteiger charge is 2.25. The average molecular weight is 281 g/mol. The van der Waals surface area contributed by atoms with Crippen molar-refractivity contribution >= 4 is 5.82 Å². The fourth-order valence-electron chi connectivity index (χ4n) is 2.98. The van der Waals surface area contributed by atoms with Crippen LogP contribution in [0, 0.1) is 11.3 Å². The Bertz CT molecular complexity index is 708. The lowest BCUT2D eigenvalue weighted by atomic mass is 10.1. The van der Waals surface area contributed by atoms with E-state index in [1.54, 1.807) is 12.3 Å². The Labute approximate surface area is 124 Å². The Hall–Kier alpha value is -2.35. The van der Waals surface area contributed by atoms with Crippen molar-refractivity contribution in [2.45, 2.75) is 32.7 Å². The number of pyridine rings is 1. The molecule has 5 nitrogen and oxygen atoms in total. The molecule has 0 aliphatic carbocycles. The van der Waals surface area contributed by atoms with Crippen LogP contribution in [-0.2, 0) is 20.0 Å². The molecule has 0 fully saturated rings. The van der Waals surface area contributed by atoms with Gasteiger partial charge in [0.25, 0.3) is 0 Å². The first kappa shape index (κ1) is 13.6. The summed E-state index contributed by atoms with van der Waals surface area (Å²) < 4.78 is 2.22. The van der Waals surface area contributed by atoms with E-state index in [0.717, 1.165) is 36.8 Å². The number of fused-ring (bicyclic) bond motifs is 1. The first-order chi connectivity index (χ1) is 10.1. The van der Waals surface area contributed by atoms with Crippen molar-refractivity contribution in [3.05, 3.63) is 41.1 Å². The third-order valence-corrected chi connectivity index (χ3v) is 4.01. The molecular weight excluding hydrogens is 262 g/mol. The third kappa shape index (κ3) is 2.27. The smallest absolute Gasteiger partial charge is 0.146 e. The largest absolute Gasteiger partial charge is 0.349 e. The van der Waals surface area contributed by atoms with Gasteiger partial charge >= 0.3 is 0 Å². The van der Waals surface area contributed by atoms with Crippen molar-refractivity contribution in [1.29, 1.82) is 5.26 Å². The Morgan fingerprint density at radius 2 is 2.19 bits per heavy atom. The maximum Gasteiger partial charge on any atom is 0.146 e. The van der Waals surface area contributed by atoms with Gasteiger partial charge < -0.3 is 9.47 Å². The molecule has 0 saturated heterocycles. The summed E-state index contributed by atoms with van der Waals surface area (Å²) in [6, 6.07) is 5.84. The van der Waals surface area contributed by atoms with Gasteiger partial charge in [0.05, 0.1) is 17.8 Å². The van der Waals surface area contributed by atoms with Crippen LogP contribution >= 0.6 is 0 Å². The maximum atomic E-state index is 9.23. The van der Waals surface area contributed by atoms with Crippen LogP contribution in [0.25, 0.3) is 0 Å². The molecule has 0 amide bonds. The van der Waals surface area contributed by atoms with Crippen molar-refractivity contribution in [3.8, 4) is 6.07 Å². The number of imidazole rings is 1. The summed E-state index contributed by atoms with van der Waals surface area (Å²) in [5.74, 6) is 2.31. The lowest BCUT2D eigenvalue weighted by Gasteiger charge is -2.28. The van der Waals surface area contributed by atoms with Crippen LogP contribution < -0.4 is 4.90 Å². The van der Waals surface area contributed by atoms with Crippen LogP contribution in [0.3, 0.4) is 0 Å².